The molecule has 0 fully saturated rings. The third kappa shape index (κ3) is 2.99. The zero-order valence-corrected chi connectivity index (χ0v) is 12.0. The van der Waals surface area contributed by atoms with Crippen LogP contribution < -0.4 is 9.47 Å². The Labute approximate surface area is 117 Å². The quantitative estimate of drug-likeness (QED) is 0.626. The van der Waals surface area contributed by atoms with E-state index < -0.39 is 5.97 Å². The van der Waals surface area contributed by atoms with Crippen molar-refractivity contribution in [2.45, 2.75) is 13.8 Å². The molecule has 0 aromatic heterocycles. The van der Waals surface area contributed by atoms with Gasteiger partial charge in [-0.1, -0.05) is 13.8 Å². The van der Waals surface area contributed by atoms with E-state index in [0.717, 1.165) is 5.56 Å². The van der Waals surface area contributed by atoms with Crippen LogP contribution in [0.5, 0.6) is 11.5 Å². The molecule has 0 N–H and O–H groups in total. The zero-order chi connectivity index (χ0) is 14.7. The van der Waals surface area contributed by atoms with Gasteiger partial charge in [0.15, 0.2) is 5.70 Å². The van der Waals surface area contributed by atoms with E-state index in [4.69, 9.17) is 14.2 Å². The first-order chi connectivity index (χ1) is 9.53. The second-order valence-electron chi connectivity index (χ2n) is 4.67. The van der Waals surface area contributed by atoms with Gasteiger partial charge in [0.05, 0.1) is 14.2 Å². The van der Waals surface area contributed by atoms with Gasteiger partial charge in [0.2, 0.25) is 5.90 Å². The topological polar surface area (TPSA) is 57.1 Å². The van der Waals surface area contributed by atoms with Crippen molar-refractivity contribution in [2.75, 3.05) is 14.2 Å². The van der Waals surface area contributed by atoms with E-state index in [0.29, 0.717) is 17.4 Å². The molecular weight excluding hydrogens is 258 g/mol. The van der Waals surface area contributed by atoms with Crippen LogP contribution in [0.25, 0.3) is 6.08 Å². The van der Waals surface area contributed by atoms with Crippen molar-refractivity contribution < 1.29 is 19.0 Å². The lowest BCUT2D eigenvalue weighted by Crippen LogP contribution is -2.09. The summed E-state index contributed by atoms with van der Waals surface area (Å²) in [5.41, 5.74) is 1.05. The first kappa shape index (κ1) is 14.1. The average molecular weight is 275 g/mol. The van der Waals surface area contributed by atoms with Crippen LogP contribution in [0.3, 0.4) is 0 Å². The predicted octanol–water partition coefficient (Wildman–Crippen LogP) is 2.66. The van der Waals surface area contributed by atoms with E-state index in [1.807, 2.05) is 13.8 Å². The van der Waals surface area contributed by atoms with Crippen molar-refractivity contribution in [3.63, 3.8) is 0 Å². The molecule has 20 heavy (non-hydrogen) atoms. The number of ether oxygens (including phenoxy) is 3. The summed E-state index contributed by atoms with van der Waals surface area (Å²) in [5, 5.41) is 0. The Bertz CT molecular complexity index is 565. The molecule has 1 aliphatic rings. The maximum absolute atomic E-state index is 11.7. The van der Waals surface area contributed by atoms with Gasteiger partial charge in [-0.05, 0) is 23.8 Å². The highest BCUT2D eigenvalue weighted by Gasteiger charge is 2.24. The Morgan fingerprint density at radius 1 is 1.15 bits per heavy atom. The third-order valence-electron chi connectivity index (χ3n) is 2.81. The van der Waals surface area contributed by atoms with E-state index >= 15 is 0 Å². The van der Waals surface area contributed by atoms with Gasteiger partial charge in [0.25, 0.3) is 0 Å². The summed E-state index contributed by atoms with van der Waals surface area (Å²) in [5.74, 6) is 1.38. The normalized spacial score (nSPS) is 16.4. The van der Waals surface area contributed by atoms with Crippen molar-refractivity contribution in [3.05, 3.63) is 29.5 Å². The molecule has 0 saturated carbocycles. The lowest BCUT2D eigenvalue weighted by atomic mass is 10.1. The van der Waals surface area contributed by atoms with Crippen molar-refractivity contribution in [3.8, 4) is 11.5 Å². The highest BCUT2D eigenvalue weighted by Crippen LogP contribution is 2.25. The van der Waals surface area contributed by atoms with Gasteiger partial charge in [0, 0.05) is 12.0 Å². The number of esters is 1. The number of rotatable bonds is 4. The summed E-state index contributed by atoms with van der Waals surface area (Å²) in [6.45, 7) is 3.84. The van der Waals surface area contributed by atoms with Gasteiger partial charge in [-0.3, -0.25) is 0 Å². The van der Waals surface area contributed by atoms with E-state index in [9.17, 15) is 4.79 Å². The standard InChI is InChI=1S/C15H17NO4/c1-9(2)14-16-13(15(17)20-14)7-10-5-11(18-3)8-12(6-10)19-4/h5-9H,1-4H3/b13-7+. The van der Waals surface area contributed by atoms with Crippen LogP contribution in [0, 0.1) is 5.92 Å². The molecule has 0 amide bonds. The maximum atomic E-state index is 11.7. The van der Waals surface area contributed by atoms with Crippen molar-refractivity contribution in [2.24, 2.45) is 10.9 Å². The number of methoxy groups -OCH3 is 2. The van der Waals surface area contributed by atoms with Crippen LogP contribution >= 0.6 is 0 Å². The predicted molar refractivity (Wildman–Crippen MR) is 75.9 cm³/mol. The fourth-order valence-corrected chi connectivity index (χ4v) is 1.74. The monoisotopic (exact) mass is 275 g/mol. The minimum Gasteiger partial charge on any atom is -0.497 e. The second-order valence-corrected chi connectivity index (χ2v) is 4.67. The lowest BCUT2D eigenvalue weighted by molar-refractivity contribution is -0.130. The molecule has 106 valence electrons. The van der Waals surface area contributed by atoms with Crippen LogP contribution in [0.1, 0.15) is 19.4 Å². The van der Waals surface area contributed by atoms with Crippen LogP contribution in [0.15, 0.2) is 28.9 Å². The van der Waals surface area contributed by atoms with E-state index in [2.05, 4.69) is 4.99 Å². The summed E-state index contributed by atoms with van der Waals surface area (Å²) in [7, 11) is 3.15. The van der Waals surface area contributed by atoms with Gasteiger partial charge in [-0.15, -0.1) is 0 Å². The highest BCUT2D eigenvalue weighted by atomic mass is 16.6. The smallest absolute Gasteiger partial charge is 0.363 e. The molecule has 0 atom stereocenters. The Balaban J connectivity index is 2.37. The summed E-state index contributed by atoms with van der Waals surface area (Å²) in [6, 6.07) is 5.36. The molecule has 5 nitrogen and oxygen atoms in total. The SMILES string of the molecule is COc1cc(/C=C2/N=C(C(C)C)OC2=O)cc(OC)c1. The number of cyclic esters (lactones) is 1. The van der Waals surface area contributed by atoms with Crippen LogP contribution in [0.4, 0.5) is 0 Å². The fraction of sp³-hybridized carbons (Fsp3) is 0.333. The summed E-state index contributed by atoms with van der Waals surface area (Å²) >= 11 is 0. The van der Waals surface area contributed by atoms with Gasteiger partial charge in [0.1, 0.15) is 11.5 Å². The zero-order valence-electron chi connectivity index (χ0n) is 12.0. The summed E-state index contributed by atoms with van der Waals surface area (Å²) < 4.78 is 15.5. The Morgan fingerprint density at radius 3 is 2.20 bits per heavy atom. The number of carbonyl (C=O) groups excluding carboxylic acids is 1. The molecular formula is C15H17NO4. The molecule has 5 heteroatoms. The van der Waals surface area contributed by atoms with Gasteiger partial charge in [-0.25, -0.2) is 9.79 Å². The molecule has 1 aromatic rings. The Kier molecular flexibility index (Phi) is 4.08. The molecule has 0 spiro atoms. The van der Waals surface area contributed by atoms with Crippen molar-refractivity contribution in [1.29, 1.82) is 0 Å². The number of hydrogen-bond acceptors (Lipinski definition) is 5. The number of hydrogen-bond donors (Lipinski definition) is 0. The number of aliphatic imine (C=N–C) groups is 1. The molecule has 0 saturated heterocycles. The molecule has 1 aromatic carbocycles. The third-order valence-corrected chi connectivity index (χ3v) is 2.81. The molecule has 0 radical (unpaired) electrons. The van der Waals surface area contributed by atoms with E-state index in [1.54, 1.807) is 38.5 Å². The number of carbonyl (C=O) groups is 1. The first-order valence-electron chi connectivity index (χ1n) is 6.29. The van der Waals surface area contributed by atoms with Crippen LogP contribution in [-0.4, -0.2) is 26.1 Å². The summed E-state index contributed by atoms with van der Waals surface area (Å²) in [4.78, 5) is 15.9. The lowest BCUT2D eigenvalue weighted by Gasteiger charge is -2.05. The Morgan fingerprint density at radius 2 is 1.75 bits per heavy atom. The molecule has 2 rings (SSSR count). The second kappa shape index (κ2) is 5.77. The highest BCUT2D eigenvalue weighted by molar-refractivity contribution is 6.07. The Hall–Kier alpha value is -2.30. The van der Waals surface area contributed by atoms with Gasteiger partial charge >= 0.3 is 5.97 Å². The van der Waals surface area contributed by atoms with E-state index in [1.165, 1.54) is 0 Å². The van der Waals surface area contributed by atoms with E-state index in [-0.39, 0.29) is 11.6 Å². The number of nitrogens with zero attached hydrogens (tertiary/aromatic N) is 1. The average Bonchev–Trinajstić information content (AvgIpc) is 2.80. The minimum absolute atomic E-state index is 0.0738. The fourth-order valence-electron chi connectivity index (χ4n) is 1.74. The van der Waals surface area contributed by atoms with Crippen LogP contribution in [0.2, 0.25) is 0 Å². The molecule has 0 aliphatic carbocycles. The first-order valence-corrected chi connectivity index (χ1v) is 6.29. The maximum Gasteiger partial charge on any atom is 0.363 e. The van der Waals surface area contributed by atoms with Gasteiger partial charge in [-0.2, -0.15) is 0 Å². The molecule has 1 aliphatic heterocycles. The number of benzene rings is 1. The minimum atomic E-state index is -0.435. The van der Waals surface area contributed by atoms with Crippen LogP contribution in [-0.2, 0) is 9.53 Å². The van der Waals surface area contributed by atoms with Gasteiger partial charge < -0.3 is 14.2 Å². The van der Waals surface area contributed by atoms with Crippen molar-refractivity contribution >= 4 is 17.9 Å². The molecule has 0 bridgehead atoms. The molecule has 0 unspecified atom stereocenters. The summed E-state index contributed by atoms with van der Waals surface area (Å²) in [6.07, 6.45) is 1.66. The largest absolute Gasteiger partial charge is 0.497 e. The molecule has 1 heterocycles. The van der Waals surface area contributed by atoms with Crippen molar-refractivity contribution in [1.82, 2.24) is 0 Å².